The summed E-state index contributed by atoms with van der Waals surface area (Å²) in [5.74, 6) is 0.170. The van der Waals surface area contributed by atoms with Gasteiger partial charge < -0.3 is 10.6 Å². The number of hydrogen-bond acceptors (Lipinski definition) is 2. The standard InChI is InChI=1S/C15H23F3N2/c1-11(2)14(20(3)10-9-15(16,17)18)13(19)12-7-5-4-6-8-12/h4-8,11,13-14H,9-10,19H2,1-3H3. The zero-order valence-electron chi connectivity index (χ0n) is 12.2. The lowest BCUT2D eigenvalue weighted by Crippen LogP contribution is -2.45. The number of rotatable bonds is 6. The number of nitrogens with two attached hydrogens (primary N) is 1. The van der Waals surface area contributed by atoms with E-state index in [1.165, 1.54) is 0 Å². The number of nitrogens with zero attached hydrogens (tertiary/aromatic N) is 1. The van der Waals surface area contributed by atoms with Crippen LogP contribution >= 0.6 is 0 Å². The summed E-state index contributed by atoms with van der Waals surface area (Å²) in [6.45, 7) is 3.93. The van der Waals surface area contributed by atoms with Crippen molar-refractivity contribution in [2.45, 2.75) is 38.5 Å². The average molecular weight is 288 g/mol. The van der Waals surface area contributed by atoms with Crippen LogP contribution in [-0.4, -0.2) is 30.7 Å². The molecule has 0 saturated heterocycles. The molecule has 0 amide bonds. The van der Waals surface area contributed by atoms with Crippen molar-refractivity contribution in [3.05, 3.63) is 35.9 Å². The molecule has 2 nitrogen and oxygen atoms in total. The Labute approximate surface area is 118 Å². The van der Waals surface area contributed by atoms with Gasteiger partial charge in [-0.25, -0.2) is 0 Å². The number of alkyl halides is 3. The quantitative estimate of drug-likeness (QED) is 0.866. The Hall–Kier alpha value is -1.07. The third-order valence-electron chi connectivity index (χ3n) is 3.49. The second-order valence-corrected chi connectivity index (χ2v) is 5.52. The molecule has 0 fully saturated rings. The van der Waals surface area contributed by atoms with Gasteiger partial charge in [0.05, 0.1) is 6.42 Å². The molecule has 0 aliphatic rings. The largest absolute Gasteiger partial charge is 0.390 e. The highest BCUT2D eigenvalue weighted by Gasteiger charge is 2.31. The maximum absolute atomic E-state index is 12.3. The van der Waals surface area contributed by atoms with Crippen LogP contribution in [0.1, 0.15) is 31.9 Å². The fraction of sp³-hybridized carbons (Fsp3) is 0.600. The first-order chi connectivity index (χ1) is 9.22. The predicted octanol–water partition coefficient (Wildman–Crippen LogP) is 3.60. The van der Waals surface area contributed by atoms with E-state index in [-0.39, 0.29) is 24.5 Å². The summed E-state index contributed by atoms with van der Waals surface area (Å²) in [5, 5.41) is 0. The van der Waals surface area contributed by atoms with Crippen molar-refractivity contribution in [1.82, 2.24) is 4.90 Å². The molecular weight excluding hydrogens is 265 g/mol. The SMILES string of the molecule is CC(C)C(C(N)c1ccccc1)N(C)CCC(F)(F)F. The van der Waals surface area contributed by atoms with Gasteiger partial charge in [0.2, 0.25) is 0 Å². The summed E-state index contributed by atoms with van der Waals surface area (Å²) in [4.78, 5) is 1.72. The van der Waals surface area contributed by atoms with Gasteiger partial charge in [-0.1, -0.05) is 44.2 Å². The topological polar surface area (TPSA) is 29.3 Å². The third kappa shape index (κ3) is 5.13. The minimum Gasteiger partial charge on any atom is -0.323 e. The van der Waals surface area contributed by atoms with Crippen LogP contribution in [0.2, 0.25) is 0 Å². The second-order valence-electron chi connectivity index (χ2n) is 5.52. The van der Waals surface area contributed by atoms with E-state index < -0.39 is 12.6 Å². The third-order valence-corrected chi connectivity index (χ3v) is 3.49. The van der Waals surface area contributed by atoms with Crippen molar-refractivity contribution in [3.63, 3.8) is 0 Å². The summed E-state index contributed by atoms with van der Waals surface area (Å²) in [6.07, 6.45) is -4.94. The van der Waals surface area contributed by atoms with Crippen LogP contribution in [0.3, 0.4) is 0 Å². The van der Waals surface area contributed by atoms with Gasteiger partial charge in [0.1, 0.15) is 0 Å². The van der Waals surface area contributed by atoms with E-state index in [4.69, 9.17) is 5.73 Å². The van der Waals surface area contributed by atoms with E-state index in [1.807, 2.05) is 44.2 Å². The molecule has 1 rings (SSSR count). The van der Waals surface area contributed by atoms with E-state index in [1.54, 1.807) is 11.9 Å². The highest BCUT2D eigenvalue weighted by molar-refractivity contribution is 5.20. The lowest BCUT2D eigenvalue weighted by Gasteiger charge is -2.36. The Kier molecular flexibility index (Phi) is 6.02. The van der Waals surface area contributed by atoms with Crippen LogP contribution < -0.4 is 5.73 Å². The Morgan fingerprint density at radius 2 is 1.70 bits per heavy atom. The van der Waals surface area contributed by atoms with Crippen molar-refractivity contribution in [1.29, 1.82) is 0 Å². The fourth-order valence-corrected chi connectivity index (χ4v) is 2.52. The molecule has 114 valence electrons. The molecule has 0 heterocycles. The lowest BCUT2D eigenvalue weighted by molar-refractivity contribution is -0.139. The van der Waals surface area contributed by atoms with Gasteiger partial charge in [-0.15, -0.1) is 0 Å². The van der Waals surface area contributed by atoms with Crippen LogP contribution in [0.4, 0.5) is 13.2 Å². The number of likely N-dealkylation sites (N-methyl/N-ethyl adjacent to an activating group) is 1. The summed E-state index contributed by atoms with van der Waals surface area (Å²) in [5.41, 5.74) is 7.21. The molecule has 2 unspecified atom stereocenters. The second kappa shape index (κ2) is 7.09. The van der Waals surface area contributed by atoms with Gasteiger partial charge in [-0.3, -0.25) is 0 Å². The van der Waals surface area contributed by atoms with Gasteiger partial charge in [-0.05, 0) is 18.5 Å². The summed E-state index contributed by atoms with van der Waals surface area (Å²) in [6, 6.07) is 9.09. The number of benzene rings is 1. The molecule has 0 bridgehead atoms. The van der Waals surface area contributed by atoms with E-state index in [0.29, 0.717) is 0 Å². The normalized spacial score (nSPS) is 15.7. The smallest absolute Gasteiger partial charge is 0.323 e. The molecule has 0 saturated carbocycles. The summed E-state index contributed by atoms with van der Waals surface area (Å²) in [7, 11) is 1.71. The highest BCUT2D eigenvalue weighted by Crippen LogP contribution is 2.26. The minimum atomic E-state index is -4.13. The van der Waals surface area contributed by atoms with Crippen molar-refractivity contribution < 1.29 is 13.2 Å². The van der Waals surface area contributed by atoms with Gasteiger partial charge in [0.15, 0.2) is 0 Å². The van der Waals surface area contributed by atoms with Gasteiger partial charge in [0, 0.05) is 18.6 Å². The Balaban J connectivity index is 2.78. The highest BCUT2D eigenvalue weighted by atomic mass is 19.4. The Morgan fingerprint density at radius 3 is 2.15 bits per heavy atom. The van der Waals surface area contributed by atoms with Crippen molar-refractivity contribution >= 4 is 0 Å². The van der Waals surface area contributed by atoms with E-state index >= 15 is 0 Å². The molecule has 0 aliphatic carbocycles. The van der Waals surface area contributed by atoms with E-state index in [9.17, 15) is 13.2 Å². The van der Waals surface area contributed by atoms with E-state index in [0.717, 1.165) is 5.56 Å². The van der Waals surface area contributed by atoms with Crippen LogP contribution in [0.5, 0.6) is 0 Å². The zero-order valence-corrected chi connectivity index (χ0v) is 12.2. The first-order valence-electron chi connectivity index (χ1n) is 6.80. The molecule has 20 heavy (non-hydrogen) atoms. The van der Waals surface area contributed by atoms with Crippen LogP contribution in [0, 0.1) is 5.92 Å². The van der Waals surface area contributed by atoms with E-state index in [2.05, 4.69) is 0 Å². The van der Waals surface area contributed by atoms with Crippen LogP contribution in [-0.2, 0) is 0 Å². The predicted molar refractivity (Wildman–Crippen MR) is 75.3 cm³/mol. The van der Waals surface area contributed by atoms with Crippen LogP contribution in [0.25, 0.3) is 0 Å². The molecule has 1 aromatic rings. The molecule has 0 aliphatic heterocycles. The molecule has 1 aromatic carbocycles. The van der Waals surface area contributed by atoms with Crippen molar-refractivity contribution in [2.24, 2.45) is 11.7 Å². The molecule has 2 N–H and O–H groups in total. The van der Waals surface area contributed by atoms with Gasteiger partial charge >= 0.3 is 6.18 Å². The monoisotopic (exact) mass is 288 g/mol. The maximum Gasteiger partial charge on any atom is 0.390 e. The fourth-order valence-electron chi connectivity index (χ4n) is 2.52. The van der Waals surface area contributed by atoms with Gasteiger partial charge in [-0.2, -0.15) is 13.2 Å². The first kappa shape index (κ1) is 17.0. The zero-order chi connectivity index (χ0) is 15.3. The van der Waals surface area contributed by atoms with Gasteiger partial charge in [0.25, 0.3) is 0 Å². The van der Waals surface area contributed by atoms with Crippen molar-refractivity contribution in [3.8, 4) is 0 Å². The summed E-state index contributed by atoms with van der Waals surface area (Å²) < 4.78 is 37.0. The molecule has 0 spiro atoms. The van der Waals surface area contributed by atoms with Crippen LogP contribution in [0.15, 0.2) is 30.3 Å². The molecule has 2 atom stereocenters. The molecular formula is C15H23F3N2. The Morgan fingerprint density at radius 1 is 1.15 bits per heavy atom. The maximum atomic E-state index is 12.3. The number of halogens is 3. The molecule has 0 aromatic heterocycles. The minimum absolute atomic E-state index is 0.0348. The lowest BCUT2D eigenvalue weighted by atomic mass is 9.90. The molecule has 5 heteroatoms. The number of hydrogen-bond donors (Lipinski definition) is 1. The first-order valence-corrected chi connectivity index (χ1v) is 6.80. The summed E-state index contributed by atoms with van der Waals surface area (Å²) >= 11 is 0. The average Bonchev–Trinajstić information content (AvgIpc) is 2.36. The Bertz CT molecular complexity index is 390. The van der Waals surface area contributed by atoms with Crippen molar-refractivity contribution in [2.75, 3.05) is 13.6 Å². The molecule has 0 radical (unpaired) electrons.